The molecule has 1 aliphatic carbocycles. The molecule has 22 heavy (non-hydrogen) atoms. The molecule has 1 saturated carbocycles. The van der Waals surface area contributed by atoms with Crippen molar-refractivity contribution >= 4 is 5.91 Å². The molecule has 0 aliphatic heterocycles. The first-order valence-electron chi connectivity index (χ1n) is 8.39. The summed E-state index contributed by atoms with van der Waals surface area (Å²) in [6, 6.07) is 10.3. The molecule has 0 heterocycles. The summed E-state index contributed by atoms with van der Waals surface area (Å²) in [6.07, 6.45) is 5.39. The van der Waals surface area contributed by atoms with Crippen LogP contribution in [0.3, 0.4) is 0 Å². The van der Waals surface area contributed by atoms with Gasteiger partial charge in [-0.05, 0) is 30.7 Å². The first-order chi connectivity index (χ1) is 10.7. The van der Waals surface area contributed by atoms with E-state index in [1.54, 1.807) is 0 Å². The van der Waals surface area contributed by atoms with Crippen LogP contribution < -0.4 is 10.6 Å². The van der Waals surface area contributed by atoms with Gasteiger partial charge in [0.15, 0.2) is 0 Å². The molecule has 3 atom stereocenters. The van der Waals surface area contributed by atoms with Gasteiger partial charge in [-0.1, -0.05) is 50.1 Å². The Morgan fingerprint density at radius 2 is 2.00 bits per heavy atom. The minimum Gasteiger partial charge on any atom is -0.396 e. The van der Waals surface area contributed by atoms with Gasteiger partial charge < -0.3 is 15.7 Å². The Labute approximate surface area is 133 Å². The summed E-state index contributed by atoms with van der Waals surface area (Å²) in [5, 5.41) is 15.6. The van der Waals surface area contributed by atoms with Crippen LogP contribution in [0.2, 0.25) is 0 Å². The van der Waals surface area contributed by atoms with Crippen LogP contribution in [-0.2, 0) is 4.79 Å². The summed E-state index contributed by atoms with van der Waals surface area (Å²) in [7, 11) is 0. The maximum atomic E-state index is 12.2. The number of carbonyl (C=O) groups excluding carboxylic acids is 1. The molecule has 3 unspecified atom stereocenters. The number of benzene rings is 1. The lowest BCUT2D eigenvalue weighted by molar-refractivity contribution is -0.121. The summed E-state index contributed by atoms with van der Waals surface area (Å²) in [5.41, 5.74) is 1.11. The van der Waals surface area contributed by atoms with Crippen LogP contribution in [-0.4, -0.2) is 30.2 Å². The van der Waals surface area contributed by atoms with Crippen molar-refractivity contribution in [2.45, 2.75) is 51.1 Å². The van der Waals surface area contributed by atoms with Crippen LogP contribution in [0.15, 0.2) is 30.3 Å². The number of aliphatic hydroxyl groups is 1. The first kappa shape index (κ1) is 17.0. The summed E-state index contributed by atoms with van der Waals surface area (Å²) in [4.78, 5) is 12.2. The second kappa shape index (κ2) is 8.91. The van der Waals surface area contributed by atoms with E-state index in [4.69, 9.17) is 0 Å². The summed E-state index contributed by atoms with van der Waals surface area (Å²) < 4.78 is 0. The van der Waals surface area contributed by atoms with Crippen molar-refractivity contribution in [3.8, 4) is 0 Å². The third-order valence-corrected chi connectivity index (χ3v) is 4.59. The summed E-state index contributed by atoms with van der Waals surface area (Å²) in [6.45, 7) is 2.62. The van der Waals surface area contributed by atoms with E-state index in [0.717, 1.165) is 12.0 Å². The molecule has 122 valence electrons. The minimum absolute atomic E-state index is 0.0146. The van der Waals surface area contributed by atoms with Gasteiger partial charge in [0.05, 0.1) is 6.54 Å². The molecule has 4 nitrogen and oxygen atoms in total. The fourth-order valence-electron chi connectivity index (χ4n) is 3.21. The van der Waals surface area contributed by atoms with Crippen molar-refractivity contribution in [2.75, 3.05) is 13.2 Å². The highest BCUT2D eigenvalue weighted by atomic mass is 16.3. The third-order valence-electron chi connectivity index (χ3n) is 4.59. The Bertz CT molecular complexity index is 450. The topological polar surface area (TPSA) is 61.4 Å². The van der Waals surface area contributed by atoms with Crippen molar-refractivity contribution in [3.63, 3.8) is 0 Å². The Balaban J connectivity index is 1.82. The molecule has 0 bridgehead atoms. The largest absolute Gasteiger partial charge is 0.396 e. The van der Waals surface area contributed by atoms with Crippen molar-refractivity contribution in [2.24, 2.45) is 5.92 Å². The lowest BCUT2D eigenvalue weighted by atomic mass is 9.86. The monoisotopic (exact) mass is 304 g/mol. The molecule has 1 aliphatic rings. The van der Waals surface area contributed by atoms with E-state index < -0.39 is 0 Å². The van der Waals surface area contributed by atoms with Crippen LogP contribution in [0.4, 0.5) is 0 Å². The van der Waals surface area contributed by atoms with E-state index in [-0.39, 0.29) is 18.6 Å². The maximum absolute atomic E-state index is 12.2. The van der Waals surface area contributed by atoms with Gasteiger partial charge in [0.1, 0.15) is 0 Å². The lowest BCUT2D eigenvalue weighted by Crippen LogP contribution is -2.45. The summed E-state index contributed by atoms with van der Waals surface area (Å²) in [5.74, 6) is 0.623. The first-order valence-corrected chi connectivity index (χ1v) is 8.39. The van der Waals surface area contributed by atoms with Crippen molar-refractivity contribution < 1.29 is 9.90 Å². The van der Waals surface area contributed by atoms with Gasteiger partial charge in [-0.15, -0.1) is 0 Å². The smallest absolute Gasteiger partial charge is 0.234 e. The van der Waals surface area contributed by atoms with Crippen LogP contribution in [0.25, 0.3) is 0 Å². The molecule has 0 radical (unpaired) electrons. The molecule has 1 fully saturated rings. The van der Waals surface area contributed by atoms with E-state index >= 15 is 0 Å². The fourth-order valence-corrected chi connectivity index (χ4v) is 3.21. The van der Waals surface area contributed by atoms with Crippen LogP contribution in [0.5, 0.6) is 0 Å². The van der Waals surface area contributed by atoms with Crippen LogP contribution in [0.1, 0.15) is 50.6 Å². The molecule has 1 aromatic rings. The highest BCUT2D eigenvalue weighted by Crippen LogP contribution is 2.23. The standard InChI is InChI=1S/C18H28N2O2/c1-14-7-5-6-10-16(14)20-18(22)13-19-17(11-12-21)15-8-3-2-4-9-15/h2-4,8-9,14,16-17,19,21H,5-7,10-13H2,1H3,(H,20,22). The zero-order valence-corrected chi connectivity index (χ0v) is 13.4. The molecule has 0 aromatic heterocycles. The van der Waals surface area contributed by atoms with Gasteiger partial charge in [-0.2, -0.15) is 0 Å². The highest BCUT2D eigenvalue weighted by Gasteiger charge is 2.23. The number of hydrogen-bond acceptors (Lipinski definition) is 3. The van der Waals surface area contributed by atoms with Crippen molar-refractivity contribution in [3.05, 3.63) is 35.9 Å². The zero-order valence-electron chi connectivity index (χ0n) is 13.4. The number of carbonyl (C=O) groups is 1. The zero-order chi connectivity index (χ0) is 15.8. The number of hydrogen-bond donors (Lipinski definition) is 3. The number of rotatable bonds is 7. The van der Waals surface area contributed by atoms with E-state index in [9.17, 15) is 9.90 Å². The second-order valence-electron chi connectivity index (χ2n) is 6.29. The summed E-state index contributed by atoms with van der Waals surface area (Å²) >= 11 is 0. The predicted octanol–water partition coefficient (Wildman–Crippen LogP) is 2.39. The Kier molecular flexibility index (Phi) is 6.87. The molecule has 1 aromatic carbocycles. The number of amides is 1. The van der Waals surface area contributed by atoms with Gasteiger partial charge >= 0.3 is 0 Å². The third kappa shape index (κ3) is 5.11. The number of aliphatic hydroxyl groups excluding tert-OH is 1. The Morgan fingerprint density at radius 1 is 1.27 bits per heavy atom. The van der Waals surface area contributed by atoms with Crippen molar-refractivity contribution in [1.82, 2.24) is 10.6 Å². The Hall–Kier alpha value is -1.39. The van der Waals surface area contributed by atoms with E-state index in [1.807, 2.05) is 30.3 Å². The normalized spacial score (nSPS) is 23.0. The molecular formula is C18H28N2O2. The van der Waals surface area contributed by atoms with Crippen LogP contribution in [0, 0.1) is 5.92 Å². The lowest BCUT2D eigenvalue weighted by Gasteiger charge is -2.29. The second-order valence-corrected chi connectivity index (χ2v) is 6.29. The maximum Gasteiger partial charge on any atom is 0.234 e. The average Bonchev–Trinajstić information content (AvgIpc) is 2.54. The fraction of sp³-hybridized carbons (Fsp3) is 0.611. The van der Waals surface area contributed by atoms with Gasteiger partial charge in [0, 0.05) is 18.7 Å². The molecule has 3 N–H and O–H groups in total. The molecule has 4 heteroatoms. The average molecular weight is 304 g/mol. The molecule has 2 rings (SSSR count). The van der Waals surface area contributed by atoms with Crippen molar-refractivity contribution in [1.29, 1.82) is 0 Å². The Morgan fingerprint density at radius 3 is 2.68 bits per heavy atom. The van der Waals surface area contributed by atoms with E-state index in [0.29, 0.717) is 24.9 Å². The molecule has 1 amide bonds. The molecule has 0 spiro atoms. The van der Waals surface area contributed by atoms with E-state index in [2.05, 4.69) is 17.6 Å². The molecular weight excluding hydrogens is 276 g/mol. The predicted molar refractivity (Wildman–Crippen MR) is 88.5 cm³/mol. The van der Waals surface area contributed by atoms with Gasteiger partial charge in [-0.25, -0.2) is 0 Å². The van der Waals surface area contributed by atoms with Crippen LogP contribution >= 0.6 is 0 Å². The van der Waals surface area contributed by atoms with Gasteiger partial charge in [-0.3, -0.25) is 4.79 Å². The quantitative estimate of drug-likeness (QED) is 0.725. The van der Waals surface area contributed by atoms with E-state index in [1.165, 1.54) is 19.3 Å². The minimum atomic E-state index is 0.0146. The van der Waals surface area contributed by atoms with Gasteiger partial charge in [0.2, 0.25) is 5.91 Å². The van der Waals surface area contributed by atoms with Gasteiger partial charge in [0.25, 0.3) is 0 Å². The molecule has 0 saturated heterocycles. The number of nitrogens with one attached hydrogen (secondary N) is 2. The highest BCUT2D eigenvalue weighted by molar-refractivity contribution is 5.78. The SMILES string of the molecule is CC1CCCCC1NC(=O)CNC(CCO)c1ccccc1.